The summed E-state index contributed by atoms with van der Waals surface area (Å²) in [5, 5.41) is 21.7. The molecule has 0 amide bonds. The maximum atomic E-state index is 10.5. The van der Waals surface area contributed by atoms with E-state index >= 15 is 0 Å². The third-order valence-corrected chi connectivity index (χ3v) is 4.13. The van der Waals surface area contributed by atoms with E-state index in [2.05, 4.69) is 15.2 Å². The smallest absolute Gasteiger partial charge is 0.401 e. The Labute approximate surface area is 138 Å². The van der Waals surface area contributed by atoms with Crippen molar-refractivity contribution in [2.45, 2.75) is 5.16 Å². The minimum Gasteiger partial charge on any atom is -0.401 e. The molecule has 1 N–H and O–H groups in total. The number of nitro groups is 1. The van der Waals surface area contributed by atoms with Gasteiger partial charge in [0.15, 0.2) is 0 Å². The number of hydrogen-bond donors (Lipinski definition) is 1. The zero-order valence-electron chi connectivity index (χ0n) is 11.6. The molecule has 3 aromatic heterocycles. The van der Waals surface area contributed by atoms with Crippen LogP contribution < -0.4 is 0 Å². The standard InChI is InChI=1S/C14H10N4O3S2/c19-18(20)13-6-3-10(21-13)7-9-23-14-15-12(16-17-14)5-4-11-2-1-8-22-11/h1-9H,(H,15,16,17)/b5-4+,9-7+. The van der Waals surface area contributed by atoms with Crippen molar-refractivity contribution < 1.29 is 9.34 Å². The number of rotatable bonds is 6. The Morgan fingerprint density at radius 3 is 2.96 bits per heavy atom. The maximum absolute atomic E-state index is 10.5. The van der Waals surface area contributed by atoms with Crippen LogP contribution in [-0.2, 0) is 0 Å². The summed E-state index contributed by atoms with van der Waals surface area (Å²) in [5.41, 5.74) is 0. The molecule has 0 aliphatic rings. The van der Waals surface area contributed by atoms with Crippen molar-refractivity contribution in [2.75, 3.05) is 0 Å². The molecule has 116 valence electrons. The van der Waals surface area contributed by atoms with Crippen LogP contribution in [0.25, 0.3) is 18.2 Å². The van der Waals surface area contributed by atoms with Crippen LogP contribution in [0.2, 0.25) is 0 Å². The van der Waals surface area contributed by atoms with Crippen molar-refractivity contribution in [3.8, 4) is 0 Å². The second-order valence-electron chi connectivity index (χ2n) is 4.21. The molecule has 3 aromatic rings. The molecule has 0 atom stereocenters. The molecule has 0 aromatic carbocycles. The van der Waals surface area contributed by atoms with E-state index in [1.165, 1.54) is 23.9 Å². The van der Waals surface area contributed by atoms with Gasteiger partial charge in [-0.1, -0.05) is 17.8 Å². The Morgan fingerprint density at radius 2 is 2.22 bits per heavy atom. The fourth-order valence-electron chi connectivity index (χ4n) is 1.62. The molecule has 0 unspecified atom stereocenters. The number of aromatic amines is 1. The van der Waals surface area contributed by atoms with Crippen LogP contribution in [0.4, 0.5) is 5.88 Å². The number of hydrogen-bond acceptors (Lipinski definition) is 7. The SMILES string of the molecule is O=[N+]([O-])c1ccc(/C=C/Sc2n[nH]c(/C=C/c3cccs3)n2)o1. The first-order chi connectivity index (χ1) is 11.2. The van der Waals surface area contributed by atoms with Gasteiger partial charge in [-0.2, -0.15) is 0 Å². The van der Waals surface area contributed by atoms with Crippen molar-refractivity contribution in [1.82, 2.24) is 15.2 Å². The lowest BCUT2D eigenvalue weighted by atomic mass is 10.4. The van der Waals surface area contributed by atoms with Gasteiger partial charge in [-0.3, -0.25) is 15.2 Å². The van der Waals surface area contributed by atoms with Crippen LogP contribution >= 0.6 is 23.1 Å². The lowest BCUT2D eigenvalue weighted by Gasteiger charge is -1.85. The van der Waals surface area contributed by atoms with Gasteiger partial charge >= 0.3 is 5.88 Å². The van der Waals surface area contributed by atoms with Crippen LogP contribution in [-0.4, -0.2) is 20.1 Å². The van der Waals surface area contributed by atoms with E-state index < -0.39 is 4.92 Å². The zero-order valence-corrected chi connectivity index (χ0v) is 13.2. The number of nitrogens with zero attached hydrogens (tertiary/aromatic N) is 3. The lowest BCUT2D eigenvalue weighted by Crippen LogP contribution is -1.82. The van der Waals surface area contributed by atoms with Gasteiger partial charge in [0, 0.05) is 4.88 Å². The fraction of sp³-hybridized carbons (Fsp3) is 0. The summed E-state index contributed by atoms with van der Waals surface area (Å²) in [6, 6.07) is 6.83. The highest BCUT2D eigenvalue weighted by molar-refractivity contribution is 8.02. The molecular formula is C14H10N4O3S2. The van der Waals surface area contributed by atoms with Gasteiger partial charge in [0.1, 0.15) is 16.5 Å². The minimum absolute atomic E-state index is 0.284. The number of furan rings is 1. The van der Waals surface area contributed by atoms with E-state index in [-0.39, 0.29) is 5.88 Å². The van der Waals surface area contributed by atoms with Gasteiger partial charge in [-0.25, -0.2) is 4.98 Å². The number of thioether (sulfide) groups is 1. The quantitative estimate of drug-likeness (QED) is 0.406. The summed E-state index contributed by atoms with van der Waals surface area (Å²) in [6.07, 6.45) is 5.43. The summed E-state index contributed by atoms with van der Waals surface area (Å²) in [4.78, 5) is 15.4. The monoisotopic (exact) mass is 346 g/mol. The van der Waals surface area contributed by atoms with Gasteiger partial charge in [-0.15, -0.1) is 16.4 Å². The third kappa shape index (κ3) is 4.18. The van der Waals surface area contributed by atoms with Crippen molar-refractivity contribution in [3.63, 3.8) is 0 Å². The van der Waals surface area contributed by atoms with Crippen LogP contribution in [0.3, 0.4) is 0 Å². The molecule has 0 radical (unpaired) electrons. The largest absolute Gasteiger partial charge is 0.433 e. The first-order valence-corrected chi connectivity index (χ1v) is 8.18. The van der Waals surface area contributed by atoms with Crippen LogP contribution in [0.15, 0.2) is 44.6 Å². The van der Waals surface area contributed by atoms with E-state index in [9.17, 15) is 10.1 Å². The fourth-order valence-corrected chi connectivity index (χ4v) is 2.82. The van der Waals surface area contributed by atoms with Crippen molar-refractivity contribution in [1.29, 1.82) is 0 Å². The van der Waals surface area contributed by atoms with Crippen molar-refractivity contribution in [3.05, 3.63) is 61.6 Å². The molecule has 0 bridgehead atoms. The summed E-state index contributed by atoms with van der Waals surface area (Å²) in [6.45, 7) is 0. The zero-order chi connectivity index (χ0) is 16.1. The molecule has 3 rings (SSSR count). The highest BCUT2D eigenvalue weighted by Gasteiger charge is 2.09. The molecule has 0 saturated heterocycles. The van der Waals surface area contributed by atoms with E-state index in [4.69, 9.17) is 4.42 Å². The van der Waals surface area contributed by atoms with Gasteiger partial charge in [0.2, 0.25) is 5.16 Å². The van der Waals surface area contributed by atoms with Crippen molar-refractivity contribution in [2.24, 2.45) is 0 Å². The van der Waals surface area contributed by atoms with E-state index in [0.29, 0.717) is 16.7 Å². The first kappa shape index (κ1) is 15.3. The molecule has 0 aliphatic heterocycles. The normalized spacial score (nSPS) is 11.7. The molecular weight excluding hydrogens is 336 g/mol. The molecule has 0 fully saturated rings. The van der Waals surface area contributed by atoms with Gasteiger partial charge < -0.3 is 4.42 Å². The van der Waals surface area contributed by atoms with Crippen LogP contribution in [0, 0.1) is 10.1 Å². The highest BCUT2D eigenvalue weighted by atomic mass is 32.2. The number of thiophene rings is 1. The second-order valence-corrected chi connectivity index (χ2v) is 6.06. The van der Waals surface area contributed by atoms with Crippen molar-refractivity contribution >= 4 is 47.2 Å². The molecule has 3 heterocycles. The lowest BCUT2D eigenvalue weighted by molar-refractivity contribution is -0.402. The molecule has 0 spiro atoms. The topological polar surface area (TPSA) is 97.8 Å². The second kappa shape index (κ2) is 7.07. The average Bonchev–Trinajstić information content (AvgIpc) is 3.27. The Balaban J connectivity index is 1.58. The van der Waals surface area contributed by atoms with E-state index in [1.54, 1.807) is 22.8 Å². The molecule has 9 heteroatoms. The Kier molecular flexibility index (Phi) is 4.69. The predicted molar refractivity (Wildman–Crippen MR) is 89.9 cm³/mol. The van der Waals surface area contributed by atoms with E-state index in [0.717, 1.165) is 4.88 Å². The number of nitrogens with one attached hydrogen (secondary N) is 1. The van der Waals surface area contributed by atoms with E-state index in [1.807, 2.05) is 29.7 Å². The van der Waals surface area contributed by atoms with Gasteiger partial charge in [0.25, 0.3) is 0 Å². The predicted octanol–water partition coefficient (Wildman–Crippen LogP) is 4.30. The molecule has 7 nitrogen and oxygen atoms in total. The summed E-state index contributed by atoms with van der Waals surface area (Å²) in [5.74, 6) is 0.772. The third-order valence-electron chi connectivity index (χ3n) is 2.63. The van der Waals surface area contributed by atoms with Crippen LogP contribution in [0.1, 0.15) is 16.5 Å². The number of aromatic nitrogens is 3. The minimum atomic E-state index is -0.577. The first-order valence-electron chi connectivity index (χ1n) is 6.42. The molecule has 0 aliphatic carbocycles. The summed E-state index contributed by atoms with van der Waals surface area (Å²) < 4.78 is 5.01. The molecule has 0 saturated carbocycles. The van der Waals surface area contributed by atoms with Gasteiger partial charge in [0.05, 0.1) is 6.07 Å². The summed E-state index contributed by atoms with van der Waals surface area (Å²) in [7, 11) is 0. The van der Waals surface area contributed by atoms with Crippen LogP contribution in [0.5, 0.6) is 0 Å². The Bertz CT molecular complexity index is 849. The average molecular weight is 346 g/mol. The number of H-pyrrole nitrogens is 1. The highest BCUT2D eigenvalue weighted by Crippen LogP contribution is 2.20. The Hall–Kier alpha value is -2.65. The Morgan fingerprint density at radius 1 is 1.30 bits per heavy atom. The molecule has 23 heavy (non-hydrogen) atoms. The van der Waals surface area contributed by atoms with Gasteiger partial charge in [-0.05, 0) is 41.1 Å². The summed E-state index contributed by atoms with van der Waals surface area (Å²) >= 11 is 2.92. The maximum Gasteiger partial charge on any atom is 0.433 e.